The second-order valence-corrected chi connectivity index (χ2v) is 5.16. The minimum Gasteiger partial charge on any atom is -0.349 e. The molecule has 1 rings (SSSR count). The van der Waals surface area contributed by atoms with Crippen LogP contribution >= 0.6 is 11.8 Å². The highest BCUT2D eigenvalue weighted by Gasteiger charge is 2.16. The lowest BCUT2D eigenvalue weighted by Gasteiger charge is -2.13. The molecule has 4 nitrogen and oxygen atoms in total. The summed E-state index contributed by atoms with van der Waals surface area (Å²) in [5, 5.41) is 9.81. The van der Waals surface area contributed by atoms with Gasteiger partial charge in [-0.15, -0.1) is 0 Å². The first-order valence-corrected chi connectivity index (χ1v) is 6.61. The zero-order valence-corrected chi connectivity index (χ0v) is 11.1. The van der Waals surface area contributed by atoms with Crippen molar-refractivity contribution in [3.05, 3.63) is 17.0 Å². The van der Waals surface area contributed by atoms with E-state index in [0.29, 0.717) is 5.56 Å². The summed E-state index contributed by atoms with van der Waals surface area (Å²) in [6.07, 6.45) is 0. The average molecular weight is 241 g/mol. The number of nitrogens with zero attached hydrogens (tertiary/aromatic N) is 1. The number of aromatic amines is 1. The minimum atomic E-state index is -0.0343. The molecule has 1 aromatic heterocycles. The smallest absolute Gasteiger partial charge is 0.255 e. The highest BCUT2D eigenvalue weighted by Crippen LogP contribution is 2.10. The summed E-state index contributed by atoms with van der Waals surface area (Å²) in [7, 11) is 0. The molecule has 0 spiro atoms. The molecular formula is C11H19N3OS. The van der Waals surface area contributed by atoms with Crippen LogP contribution < -0.4 is 5.32 Å². The van der Waals surface area contributed by atoms with Gasteiger partial charge in [0.2, 0.25) is 0 Å². The molecule has 0 saturated heterocycles. The Labute approximate surface area is 101 Å². The van der Waals surface area contributed by atoms with E-state index >= 15 is 0 Å². The summed E-state index contributed by atoms with van der Waals surface area (Å²) in [5.41, 5.74) is 2.25. The van der Waals surface area contributed by atoms with Gasteiger partial charge in [-0.3, -0.25) is 9.89 Å². The molecule has 1 aromatic rings. The van der Waals surface area contributed by atoms with Crippen molar-refractivity contribution in [1.82, 2.24) is 15.5 Å². The molecule has 0 fully saturated rings. The molecule has 0 saturated carbocycles. The highest BCUT2D eigenvalue weighted by atomic mass is 32.2. The molecule has 1 unspecified atom stereocenters. The first kappa shape index (κ1) is 13.1. The van der Waals surface area contributed by atoms with E-state index in [1.165, 1.54) is 0 Å². The third kappa shape index (κ3) is 3.27. The van der Waals surface area contributed by atoms with E-state index in [2.05, 4.69) is 22.4 Å². The van der Waals surface area contributed by atoms with Crippen LogP contribution in [0.25, 0.3) is 0 Å². The molecule has 1 heterocycles. The average Bonchev–Trinajstić information content (AvgIpc) is 2.55. The maximum atomic E-state index is 11.9. The van der Waals surface area contributed by atoms with E-state index in [-0.39, 0.29) is 11.9 Å². The van der Waals surface area contributed by atoms with Gasteiger partial charge >= 0.3 is 0 Å². The molecule has 0 aliphatic heterocycles. The molecule has 5 heteroatoms. The highest BCUT2D eigenvalue weighted by molar-refractivity contribution is 7.99. The number of carbonyl (C=O) groups excluding carboxylic acids is 1. The zero-order chi connectivity index (χ0) is 12.1. The van der Waals surface area contributed by atoms with Gasteiger partial charge in [-0.2, -0.15) is 16.9 Å². The molecular weight excluding hydrogens is 222 g/mol. The van der Waals surface area contributed by atoms with Gasteiger partial charge < -0.3 is 5.32 Å². The summed E-state index contributed by atoms with van der Waals surface area (Å²) in [6, 6.07) is 0.186. The third-order valence-electron chi connectivity index (χ3n) is 2.30. The SMILES string of the molecule is CCSCC(C)NC(=O)c1c(C)n[nH]c1C. The van der Waals surface area contributed by atoms with Crippen LogP contribution in [0.5, 0.6) is 0 Å². The third-order valence-corrected chi connectivity index (χ3v) is 3.45. The quantitative estimate of drug-likeness (QED) is 0.827. The monoisotopic (exact) mass is 241 g/mol. The Morgan fingerprint density at radius 2 is 2.25 bits per heavy atom. The van der Waals surface area contributed by atoms with Crippen molar-refractivity contribution in [3.63, 3.8) is 0 Å². The second kappa shape index (κ2) is 5.94. The van der Waals surface area contributed by atoms with Gasteiger partial charge in [0.05, 0.1) is 11.3 Å². The maximum Gasteiger partial charge on any atom is 0.255 e. The van der Waals surface area contributed by atoms with Gasteiger partial charge in [-0.25, -0.2) is 0 Å². The number of hydrogen-bond acceptors (Lipinski definition) is 3. The molecule has 2 N–H and O–H groups in total. The number of hydrogen-bond donors (Lipinski definition) is 2. The van der Waals surface area contributed by atoms with Crippen LogP contribution in [-0.4, -0.2) is 33.7 Å². The molecule has 1 amide bonds. The Bertz CT molecular complexity index is 343. The number of thioether (sulfide) groups is 1. The number of H-pyrrole nitrogens is 1. The Morgan fingerprint density at radius 3 is 2.75 bits per heavy atom. The number of carbonyl (C=O) groups is 1. The predicted octanol–water partition coefficient (Wildman–Crippen LogP) is 1.90. The summed E-state index contributed by atoms with van der Waals surface area (Å²) in [4.78, 5) is 11.9. The number of amides is 1. The molecule has 0 aliphatic rings. The lowest BCUT2D eigenvalue weighted by atomic mass is 10.2. The van der Waals surface area contributed by atoms with Crippen molar-refractivity contribution in [2.24, 2.45) is 0 Å². The number of nitrogens with one attached hydrogen (secondary N) is 2. The number of aromatic nitrogens is 2. The Balaban J connectivity index is 2.59. The van der Waals surface area contributed by atoms with Gasteiger partial charge in [0.15, 0.2) is 0 Å². The molecule has 0 bridgehead atoms. The molecule has 1 atom stereocenters. The van der Waals surface area contributed by atoms with Crippen molar-refractivity contribution in [2.75, 3.05) is 11.5 Å². The Hall–Kier alpha value is -0.970. The van der Waals surface area contributed by atoms with E-state index in [4.69, 9.17) is 0 Å². The summed E-state index contributed by atoms with van der Waals surface area (Å²) in [5.74, 6) is 1.98. The van der Waals surface area contributed by atoms with E-state index in [0.717, 1.165) is 22.9 Å². The van der Waals surface area contributed by atoms with Crippen molar-refractivity contribution in [1.29, 1.82) is 0 Å². The van der Waals surface area contributed by atoms with E-state index in [1.807, 2.05) is 32.5 Å². The summed E-state index contributed by atoms with van der Waals surface area (Å²) in [6.45, 7) is 7.83. The topological polar surface area (TPSA) is 57.8 Å². The van der Waals surface area contributed by atoms with Gasteiger partial charge in [0, 0.05) is 17.5 Å². The van der Waals surface area contributed by atoms with Crippen LogP contribution in [0.3, 0.4) is 0 Å². The van der Waals surface area contributed by atoms with Gasteiger partial charge in [0.25, 0.3) is 5.91 Å². The Kier molecular flexibility index (Phi) is 4.86. The fourth-order valence-electron chi connectivity index (χ4n) is 1.52. The van der Waals surface area contributed by atoms with Gasteiger partial charge in [0.1, 0.15) is 0 Å². The maximum absolute atomic E-state index is 11.9. The van der Waals surface area contributed by atoms with Crippen LogP contribution in [0.15, 0.2) is 0 Å². The summed E-state index contributed by atoms with van der Waals surface area (Å²) >= 11 is 1.83. The number of aryl methyl sites for hydroxylation is 2. The largest absolute Gasteiger partial charge is 0.349 e. The van der Waals surface area contributed by atoms with Gasteiger partial charge in [-0.05, 0) is 26.5 Å². The standard InChI is InChI=1S/C11H19N3OS/c1-5-16-6-7(2)12-11(15)10-8(3)13-14-9(10)4/h7H,5-6H2,1-4H3,(H,12,15)(H,13,14). The Morgan fingerprint density at radius 1 is 1.56 bits per heavy atom. The number of rotatable bonds is 5. The van der Waals surface area contributed by atoms with Crippen molar-refractivity contribution in [2.45, 2.75) is 33.7 Å². The minimum absolute atomic E-state index is 0.0343. The summed E-state index contributed by atoms with van der Waals surface area (Å²) < 4.78 is 0. The molecule has 0 aromatic carbocycles. The first-order valence-electron chi connectivity index (χ1n) is 5.46. The zero-order valence-electron chi connectivity index (χ0n) is 10.3. The fraction of sp³-hybridized carbons (Fsp3) is 0.636. The second-order valence-electron chi connectivity index (χ2n) is 3.84. The predicted molar refractivity (Wildman–Crippen MR) is 68.0 cm³/mol. The van der Waals surface area contributed by atoms with E-state index < -0.39 is 0 Å². The lowest BCUT2D eigenvalue weighted by molar-refractivity contribution is 0.0942. The van der Waals surface area contributed by atoms with Crippen molar-refractivity contribution in [3.8, 4) is 0 Å². The van der Waals surface area contributed by atoms with Crippen molar-refractivity contribution >= 4 is 17.7 Å². The molecule has 90 valence electrons. The van der Waals surface area contributed by atoms with Crippen LogP contribution in [0.4, 0.5) is 0 Å². The van der Waals surface area contributed by atoms with Gasteiger partial charge in [-0.1, -0.05) is 6.92 Å². The molecule has 0 radical (unpaired) electrons. The lowest BCUT2D eigenvalue weighted by Crippen LogP contribution is -2.34. The molecule has 16 heavy (non-hydrogen) atoms. The van der Waals surface area contributed by atoms with E-state index in [1.54, 1.807) is 0 Å². The van der Waals surface area contributed by atoms with Crippen LogP contribution in [0.2, 0.25) is 0 Å². The van der Waals surface area contributed by atoms with Crippen molar-refractivity contribution < 1.29 is 4.79 Å². The first-order chi connectivity index (χ1) is 7.56. The van der Waals surface area contributed by atoms with Crippen LogP contribution in [0, 0.1) is 13.8 Å². The fourth-order valence-corrected chi connectivity index (χ4v) is 2.19. The van der Waals surface area contributed by atoms with Crippen LogP contribution in [0.1, 0.15) is 35.6 Å². The van der Waals surface area contributed by atoms with E-state index in [9.17, 15) is 4.79 Å². The molecule has 0 aliphatic carbocycles. The van der Waals surface area contributed by atoms with Crippen LogP contribution in [-0.2, 0) is 0 Å². The normalized spacial score (nSPS) is 12.5.